The summed E-state index contributed by atoms with van der Waals surface area (Å²) in [6.07, 6.45) is 4.43. The average Bonchev–Trinajstić information content (AvgIpc) is 3.29. The molecule has 0 saturated heterocycles. The molecule has 2 aromatic carbocycles. The zero-order valence-corrected chi connectivity index (χ0v) is 17.6. The Morgan fingerprint density at radius 3 is 2.60 bits per heavy atom. The first-order chi connectivity index (χ1) is 14.4. The Balaban J connectivity index is 1.55. The van der Waals surface area contributed by atoms with Gasteiger partial charge in [0.2, 0.25) is 0 Å². The second-order valence-corrected chi connectivity index (χ2v) is 8.73. The van der Waals surface area contributed by atoms with Crippen LogP contribution in [0.5, 0.6) is 5.75 Å². The van der Waals surface area contributed by atoms with Gasteiger partial charge in [0.05, 0.1) is 12.0 Å². The lowest BCUT2D eigenvalue weighted by Gasteiger charge is -2.34. The van der Waals surface area contributed by atoms with E-state index in [0.29, 0.717) is 34.3 Å². The Morgan fingerprint density at radius 1 is 1.07 bits per heavy atom. The Morgan fingerprint density at radius 2 is 1.83 bits per heavy atom. The number of fused-ring (bicyclic) bond motifs is 3. The van der Waals surface area contributed by atoms with E-state index in [4.69, 9.17) is 9.15 Å². The molecule has 0 atom stereocenters. The third-order valence-corrected chi connectivity index (χ3v) is 6.51. The number of anilines is 1. The summed E-state index contributed by atoms with van der Waals surface area (Å²) in [6.45, 7) is 5.76. The van der Waals surface area contributed by atoms with Gasteiger partial charge in [0.1, 0.15) is 16.9 Å². The lowest BCUT2D eigenvalue weighted by atomic mass is 9.87. The molecule has 0 bridgehead atoms. The predicted octanol–water partition coefficient (Wildman–Crippen LogP) is 5.89. The lowest BCUT2D eigenvalue weighted by molar-refractivity contribution is 0.0454. The molecule has 1 fully saturated rings. The Labute approximate surface area is 175 Å². The van der Waals surface area contributed by atoms with Crippen molar-refractivity contribution in [2.45, 2.75) is 58.5 Å². The number of Topliss-reactive ketones (excluding diaryl/α,β-unsaturated/α-hetero) is 1. The topological polar surface area (TPSA) is 68.5 Å². The van der Waals surface area contributed by atoms with Crippen LogP contribution in [0.3, 0.4) is 0 Å². The van der Waals surface area contributed by atoms with Gasteiger partial charge < -0.3 is 14.5 Å². The Bertz CT molecular complexity index is 1200. The molecule has 2 heterocycles. The predicted molar refractivity (Wildman–Crippen MR) is 116 cm³/mol. The van der Waals surface area contributed by atoms with Gasteiger partial charge in [-0.25, -0.2) is 0 Å². The first-order valence-corrected chi connectivity index (χ1v) is 10.5. The summed E-state index contributed by atoms with van der Waals surface area (Å²) >= 11 is 0. The lowest BCUT2D eigenvalue weighted by Crippen LogP contribution is -2.39. The van der Waals surface area contributed by atoms with Crippen LogP contribution in [-0.2, 0) is 0 Å². The van der Waals surface area contributed by atoms with Gasteiger partial charge in [-0.2, -0.15) is 0 Å². The van der Waals surface area contributed by atoms with Crippen LogP contribution in [0.2, 0.25) is 0 Å². The molecule has 30 heavy (non-hydrogen) atoms. The van der Waals surface area contributed by atoms with Crippen molar-refractivity contribution < 1.29 is 18.7 Å². The van der Waals surface area contributed by atoms with E-state index in [9.17, 15) is 9.59 Å². The van der Waals surface area contributed by atoms with Crippen LogP contribution in [0.4, 0.5) is 5.69 Å². The number of ketones is 1. The van der Waals surface area contributed by atoms with Gasteiger partial charge in [-0.1, -0.05) is 12.1 Å². The molecule has 1 aliphatic heterocycles. The van der Waals surface area contributed by atoms with Crippen molar-refractivity contribution in [3.05, 3.63) is 58.3 Å². The monoisotopic (exact) mass is 403 g/mol. The molecule has 1 aliphatic carbocycles. The number of rotatable bonds is 2. The fraction of sp³-hybridized carbons (Fsp3) is 0.360. The third kappa shape index (κ3) is 2.92. The standard InChI is InChI=1S/C25H25NO4/c1-14-6-7-15(2)17(12-14)26-24(28)23-16(3)21-19(29-23)8-9-20-22(21)18(27)13-25(30-20)10-4-5-11-25/h6-9,12H,4-5,10-11,13H2,1-3H3,(H,26,28). The van der Waals surface area contributed by atoms with Crippen LogP contribution in [0.1, 0.15) is 69.7 Å². The maximum atomic E-state index is 13.1. The summed E-state index contributed by atoms with van der Waals surface area (Å²) in [5.74, 6) is 0.607. The number of furan rings is 1. The molecular weight excluding hydrogens is 378 g/mol. The van der Waals surface area contributed by atoms with Crippen LogP contribution < -0.4 is 10.1 Å². The van der Waals surface area contributed by atoms with Crippen molar-refractivity contribution in [1.82, 2.24) is 0 Å². The largest absolute Gasteiger partial charge is 0.486 e. The van der Waals surface area contributed by atoms with Crippen molar-refractivity contribution in [1.29, 1.82) is 0 Å². The van der Waals surface area contributed by atoms with Gasteiger partial charge in [-0.3, -0.25) is 9.59 Å². The van der Waals surface area contributed by atoms with Gasteiger partial charge in [0.25, 0.3) is 5.91 Å². The minimum Gasteiger partial charge on any atom is -0.486 e. The van der Waals surface area contributed by atoms with E-state index in [1.165, 1.54) is 0 Å². The molecule has 1 saturated carbocycles. The van der Waals surface area contributed by atoms with Crippen LogP contribution in [-0.4, -0.2) is 17.3 Å². The van der Waals surface area contributed by atoms with E-state index in [1.807, 2.05) is 45.0 Å². The summed E-state index contributed by atoms with van der Waals surface area (Å²) in [7, 11) is 0. The molecule has 0 unspecified atom stereocenters. The fourth-order valence-electron chi connectivity index (χ4n) is 4.90. The summed E-state index contributed by atoms with van der Waals surface area (Å²) in [4.78, 5) is 26.1. The molecule has 5 heteroatoms. The van der Waals surface area contributed by atoms with Crippen LogP contribution in [0.25, 0.3) is 11.0 Å². The second kappa shape index (κ2) is 6.73. The van der Waals surface area contributed by atoms with E-state index < -0.39 is 0 Å². The molecule has 2 aliphatic rings. The number of aryl methyl sites for hydroxylation is 3. The van der Waals surface area contributed by atoms with Gasteiger partial charge >= 0.3 is 0 Å². The molecule has 154 valence electrons. The van der Waals surface area contributed by atoms with Gasteiger partial charge in [0, 0.05) is 16.6 Å². The third-order valence-electron chi connectivity index (χ3n) is 6.51. The number of hydrogen-bond acceptors (Lipinski definition) is 4. The minimum absolute atomic E-state index is 0.0779. The highest BCUT2D eigenvalue weighted by molar-refractivity contribution is 6.15. The van der Waals surface area contributed by atoms with Gasteiger partial charge in [0.15, 0.2) is 11.5 Å². The van der Waals surface area contributed by atoms with Gasteiger partial charge in [-0.15, -0.1) is 0 Å². The molecule has 5 nitrogen and oxygen atoms in total. The van der Waals surface area contributed by atoms with E-state index in [0.717, 1.165) is 42.5 Å². The summed E-state index contributed by atoms with van der Waals surface area (Å²) in [5.41, 5.74) is 4.21. The SMILES string of the molecule is Cc1ccc(C)c(NC(=O)c2oc3ccc4c(c3c2C)C(=O)CC2(CCCC2)O4)c1. The number of nitrogens with one attached hydrogen (secondary N) is 1. The molecular formula is C25H25NO4. The molecule has 1 spiro atoms. The Hall–Kier alpha value is -3.08. The van der Waals surface area contributed by atoms with Crippen molar-refractivity contribution in [3.8, 4) is 5.75 Å². The molecule has 1 aromatic heterocycles. The van der Waals surface area contributed by atoms with Crippen molar-refractivity contribution in [3.63, 3.8) is 0 Å². The zero-order valence-electron chi connectivity index (χ0n) is 17.6. The van der Waals surface area contributed by atoms with Crippen LogP contribution >= 0.6 is 0 Å². The van der Waals surface area contributed by atoms with Crippen LogP contribution in [0, 0.1) is 20.8 Å². The van der Waals surface area contributed by atoms with Crippen molar-refractivity contribution in [2.24, 2.45) is 0 Å². The molecule has 1 N–H and O–H groups in total. The van der Waals surface area contributed by atoms with Gasteiger partial charge in [-0.05, 0) is 75.8 Å². The molecule has 1 amide bonds. The summed E-state index contributed by atoms with van der Waals surface area (Å²) < 4.78 is 12.3. The smallest absolute Gasteiger partial charge is 0.291 e. The maximum Gasteiger partial charge on any atom is 0.291 e. The number of carbonyl (C=O) groups is 2. The quantitative estimate of drug-likeness (QED) is 0.579. The number of benzene rings is 2. The first kappa shape index (κ1) is 18.9. The van der Waals surface area contributed by atoms with E-state index in [-0.39, 0.29) is 23.1 Å². The second-order valence-electron chi connectivity index (χ2n) is 8.73. The average molecular weight is 403 g/mol. The fourth-order valence-corrected chi connectivity index (χ4v) is 4.90. The van der Waals surface area contributed by atoms with Crippen molar-refractivity contribution in [2.75, 3.05) is 5.32 Å². The maximum absolute atomic E-state index is 13.1. The number of ether oxygens (including phenoxy) is 1. The van der Waals surface area contributed by atoms with Crippen molar-refractivity contribution >= 4 is 28.3 Å². The number of hydrogen-bond donors (Lipinski definition) is 1. The zero-order chi connectivity index (χ0) is 21.0. The number of carbonyl (C=O) groups excluding carboxylic acids is 2. The van der Waals surface area contributed by atoms with E-state index >= 15 is 0 Å². The summed E-state index contributed by atoms with van der Waals surface area (Å²) in [6, 6.07) is 9.53. The molecule has 5 rings (SSSR count). The molecule has 0 radical (unpaired) electrons. The highest BCUT2D eigenvalue weighted by Crippen LogP contribution is 2.46. The highest BCUT2D eigenvalue weighted by Gasteiger charge is 2.43. The minimum atomic E-state index is -0.349. The van der Waals surface area contributed by atoms with E-state index in [2.05, 4.69) is 5.32 Å². The normalized spacial score (nSPS) is 17.2. The van der Waals surface area contributed by atoms with E-state index in [1.54, 1.807) is 6.07 Å². The first-order valence-electron chi connectivity index (χ1n) is 10.5. The highest BCUT2D eigenvalue weighted by atomic mass is 16.5. The van der Waals surface area contributed by atoms with Crippen LogP contribution in [0.15, 0.2) is 34.7 Å². The molecule has 3 aromatic rings. The Kier molecular flexibility index (Phi) is 4.24. The summed E-state index contributed by atoms with van der Waals surface area (Å²) in [5, 5.41) is 3.64. The number of amides is 1.